The van der Waals surface area contributed by atoms with Crippen LogP contribution in [0.5, 0.6) is 5.75 Å². The van der Waals surface area contributed by atoms with E-state index in [-0.39, 0.29) is 11.7 Å². The summed E-state index contributed by atoms with van der Waals surface area (Å²) in [5.74, 6) is -2.12. The smallest absolute Gasteiger partial charge is 0.314 e. The Labute approximate surface area is 156 Å². The third-order valence-electron chi connectivity index (χ3n) is 5.53. The molecule has 1 aromatic rings. The number of ether oxygens (including phenoxy) is 1. The topological polar surface area (TPSA) is 26.3 Å². The first-order chi connectivity index (χ1) is 12.6. The largest absolute Gasteiger partial charge is 0.423 e. The standard InChI is InChI=1S/C22H32F2O2/c1-3-5-7-9-17-14-15-19(21(24)20(17)23)26-22(25)18-12-10-16(11-13-18)8-6-4-2/h14-16,18H,3-13H2,1-2H3. The Balaban J connectivity index is 1.90. The zero-order valence-corrected chi connectivity index (χ0v) is 16.2. The summed E-state index contributed by atoms with van der Waals surface area (Å²) in [5, 5.41) is 0. The van der Waals surface area contributed by atoms with E-state index in [0.29, 0.717) is 17.9 Å². The molecule has 1 aliphatic rings. The van der Waals surface area contributed by atoms with Gasteiger partial charge >= 0.3 is 5.97 Å². The normalized spacial score (nSPS) is 20.2. The quantitative estimate of drug-likeness (QED) is 0.280. The van der Waals surface area contributed by atoms with E-state index < -0.39 is 17.6 Å². The molecule has 146 valence electrons. The molecule has 26 heavy (non-hydrogen) atoms. The number of benzene rings is 1. The fourth-order valence-corrected chi connectivity index (χ4v) is 3.78. The molecule has 0 aromatic heterocycles. The average molecular weight is 366 g/mol. The molecule has 0 heterocycles. The number of esters is 1. The Morgan fingerprint density at radius 3 is 2.35 bits per heavy atom. The van der Waals surface area contributed by atoms with Crippen molar-refractivity contribution in [3.05, 3.63) is 29.3 Å². The SMILES string of the molecule is CCCCCc1ccc(OC(=O)C2CCC(CCCC)CC2)c(F)c1F. The monoisotopic (exact) mass is 366 g/mol. The Kier molecular flexibility index (Phi) is 8.53. The van der Waals surface area contributed by atoms with Crippen LogP contribution in [0.1, 0.15) is 83.6 Å². The van der Waals surface area contributed by atoms with Gasteiger partial charge in [-0.05, 0) is 56.1 Å². The molecule has 1 aliphatic carbocycles. The van der Waals surface area contributed by atoms with Crippen LogP contribution in [-0.4, -0.2) is 5.97 Å². The van der Waals surface area contributed by atoms with E-state index in [4.69, 9.17) is 4.74 Å². The van der Waals surface area contributed by atoms with Crippen LogP contribution in [0, 0.1) is 23.5 Å². The highest BCUT2D eigenvalue weighted by Crippen LogP contribution is 2.33. The number of rotatable bonds is 9. The van der Waals surface area contributed by atoms with E-state index in [2.05, 4.69) is 13.8 Å². The van der Waals surface area contributed by atoms with Crippen molar-refractivity contribution in [1.82, 2.24) is 0 Å². The van der Waals surface area contributed by atoms with E-state index in [9.17, 15) is 13.6 Å². The van der Waals surface area contributed by atoms with E-state index in [1.807, 2.05) is 0 Å². The Hall–Kier alpha value is -1.45. The first-order valence-corrected chi connectivity index (χ1v) is 10.2. The second-order valence-corrected chi connectivity index (χ2v) is 7.59. The molecule has 0 radical (unpaired) electrons. The summed E-state index contributed by atoms with van der Waals surface area (Å²) in [6, 6.07) is 2.93. The van der Waals surface area contributed by atoms with Crippen LogP contribution < -0.4 is 4.74 Å². The molecule has 1 fully saturated rings. The molecule has 0 amide bonds. The van der Waals surface area contributed by atoms with Crippen molar-refractivity contribution in [3.8, 4) is 5.75 Å². The van der Waals surface area contributed by atoms with Gasteiger partial charge in [-0.1, -0.05) is 52.0 Å². The van der Waals surface area contributed by atoms with Gasteiger partial charge < -0.3 is 4.74 Å². The lowest BCUT2D eigenvalue weighted by Crippen LogP contribution is -2.26. The second kappa shape index (κ2) is 10.6. The molecule has 0 spiro atoms. The summed E-state index contributed by atoms with van der Waals surface area (Å²) < 4.78 is 33.6. The van der Waals surface area contributed by atoms with Crippen molar-refractivity contribution in [2.24, 2.45) is 11.8 Å². The molecule has 0 aliphatic heterocycles. The number of aryl methyl sites for hydroxylation is 1. The fourth-order valence-electron chi connectivity index (χ4n) is 3.78. The molecule has 1 aromatic carbocycles. The number of hydrogen-bond donors (Lipinski definition) is 0. The number of unbranched alkanes of at least 4 members (excludes halogenated alkanes) is 3. The summed E-state index contributed by atoms with van der Waals surface area (Å²) >= 11 is 0. The minimum absolute atomic E-state index is 0.195. The van der Waals surface area contributed by atoms with Gasteiger partial charge in [-0.25, -0.2) is 4.39 Å². The third-order valence-corrected chi connectivity index (χ3v) is 5.53. The lowest BCUT2D eigenvalue weighted by molar-refractivity contribution is -0.140. The van der Waals surface area contributed by atoms with Gasteiger partial charge in [-0.3, -0.25) is 4.79 Å². The minimum Gasteiger partial charge on any atom is -0.423 e. The summed E-state index contributed by atoms with van der Waals surface area (Å²) in [4.78, 5) is 12.3. The summed E-state index contributed by atoms with van der Waals surface area (Å²) in [6.07, 6.45) is 10.6. The van der Waals surface area contributed by atoms with Crippen LogP contribution in [0.15, 0.2) is 12.1 Å². The van der Waals surface area contributed by atoms with Crippen molar-refractivity contribution < 1.29 is 18.3 Å². The van der Waals surface area contributed by atoms with Gasteiger partial charge in [0.05, 0.1) is 5.92 Å². The Bertz CT molecular complexity index is 578. The van der Waals surface area contributed by atoms with Crippen molar-refractivity contribution in [1.29, 1.82) is 0 Å². The Morgan fingerprint density at radius 1 is 1.00 bits per heavy atom. The molecular weight excluding hydrogens is 334 g/mol. The molecule has 0 saturated heterocycles. The molecule has 0 atom stereocenters. The first-order valence-electron chi connectivity index (χ1n) is 10.2. The van der Waals surface area contributed by atoms with Crippen molar-refractivity contribution in [2.45, 2.75) is 84.5 Å². The lowest BCUT2D eigenvalue weighted by atomic mass is 9.80. The minimum atomic E-state index is -1.04. The van der Waals surface area contributed by atoms with E-state index >= 15 is 0 Å². The maximum absolute atomic E-state index is 14.2. The van der Waals surface area contributed by atoms with E-state index in [1.54, 1.807) is 6.07 Å². The molecular formula is C22H32F2O2. The number of halogens is 2. The molecule has 2 rings (SSSR count). The summed E-state index contributed by atoms with van der Waals surface area (Å²) in [5.41, 5.74) is 0.354. The maximum atomic E-state index is 14.2. The average Bonchev–Trinajstić information content (AvgIpc) is 2.66. The van der Waals surface area contributed by atoms with Crippen molar-refractivity contribution in [3.63, 3.8) is 0 Å². The maximum Gasteiger partial charge on any atom is 0.314 e. The predicted octanol–water partition coefficient (Wildman–Crippen LogP) is 6.60. The van der Waals surface area contributed by atoms with Gasteiger partial charge in [0.2, 0.25) is 5.82 Å². The van der Waals surface area contributed by atoms with Crippen molar-refractivity contribution in [2.75, 3.05) is 0 Å². The predicted molar refractivity (Wildman–Crippen MR) is 100 cm³/mol. The molecule has 2 nitrogen and oxygen atoms in total. The first kappa shape index (κ1) is 20.9. The highest BCUT2D eigenvalue weighted by Gasteiger charge is 2.28. The highest BCUT2D eigenvalue weighted by molar-refractivity contribution is 5.75. The van der Waals surface area contributed by atoms with Gasteiger partial charge in [0.25, 0.3) is 0 Å². The van der Waals surface area contributed by atoms with Crippen LogP contribution in [0.2, 0.25) is 0 Å². The third kappa shape index (κ3) is 5.78. The number of carbonyl (C=O) groups is 1. The van der Waals surface area contributed by atoms with Crippen LogP contribution in [0.25, 0.3) is 0 Å². The van der Waals surface area contributed by atoms with Crippen molar-refractivity contribution >= 4 is 5.97 Å². The van der Waals surface area contributed by atoms with Gasteiger partial charge in [-0.2, -0.15) is 4.39 Å². The van der Waals surface area contributed by atoms with Gasteiger partial charge in [0, 0.05) is 0 Å². The van der Waals surface area contributed by atoms with Crippen LogP contribution in [0.4, 0.5) is 8.78 Å². The highest BCUT2D eigenvalue weighted by atomic mass is 19.2. The van der Waals surface area contributed by atoms with Gasteiger partial charge in [0.1, 0.15) is 0 Å². The van der Waals surface area contributed by atoms with E-state index in [0.717, 1.165) is 44.9 Å². The van der Waals surface area contributed by atoms with Crippen LogP contribution >= 0.6 is 0 Å². The number of carbonyl (C=O) groups excluding carboxylic acids is 1. The lowest BCUT2D eigenvalue weighted by Gasteiger charge is -2.27. The summed E-state index contributed by atoms with van der Waals surface area (Å²) in [7, 11) is 0. The van der Waals surface area contributed by atoms with Crippen LogP contribution in [0.3, 0.4) is 0 Å². The van der Waals surface area contributed by atoms with Gasteiger partial charge in [-0.15, -0.1) is 0 Å². The van der Waals surface area contributed by atoms with Crippen LogP contribution in [-0.2, 0) is 11.2 Å². The second-order valence-electron chi connectivity index (χ2n) is 7.59. The zero-order valence-electron chi connectivity index (χ0n) is 16.2. The fraction of sp³-hybridized carbons (Fsp3) is 0.682. The Morgan fingerprint density at radius 2 is 1.69 bits per heavy atom. The molecule has 0 N–H and O–H groups in total. The number of hydrogen-bond acceptors (Lipinski definition) is 2. The molecule has 4 heteroatoms. The zero-order chi connectivity index (χ0) is 18.9. The summed E-state index contributed by atoms with van der Waals surface area (Å²) in [6.45, 7) is 4.25. The molecule has 1 saturated carbocycles. The van der Waals surface area contributed by atoms with E-state index in [1.165, 1.54) is 25.3 Å². The molecule has 0 unspecified atom stereocenters. The molecule has 0 bridgehead atoms. The van der Waals surface area contributed by atoms with Gasteiger partial charge in [0.15, 0.2) is 11.6 Å².